The number of fused-ring (bicyclic) bond motifs is 1. The van der Waals surface area contributed by atoms with Gasteiger partial charge in [-0.15, -0.1) is 0 Å². The Balaban J connectivity index is 1.68. The van der Waals surface area contributed by atoms with Crippen molar-refractivity contribution in [1.29, 1.82) is 0 Å². The molecular formula is C34H48N8O9. The summed E-state index contributed by atoms with van der Waals surface area (Å²) >= 11 is 0. The van der Waals surface area contributed by atoms with E-state index < -0.39 is 35.9 Å². The highest BCUT2D eigenvalue weighted by Crippen LogP contribution is 2.28. The van der Waals surface area contributed by atoms with E-state index in [9.17, 15) is 33.9 Å². The zero-order valence-corrected chi connectivity index (χ0v) is 29.2. The normalized spacial score (nSPS) is 14.5. The lowest BCUT2D eigenvalue weighted by atomic mass is 10.1. The summed E-state index contributed by atoms with van der Waals surface area (Å²) in [6.45, 7) is 7.06. The third kappa shape index (κ3) is 12.7. The Morgan fingerprint density at radius 2 is 1.80 bits per heavy atom. The van der Waals surface area contributed by atoms with Gasteiger partial charge in [0.15, 0.2) is 5.82 Å². The van der Waals surface area contributed by atoms with Crippen LogP contribution in [0.3, 0.4) is 0 Å². The zero-order chi connectivity index (χ0) is 37.5. The van der Waals surface area contributed by atoms with Gasteiger partial charge in [0.1, 0.15) is 11.7 Å². The molecule has 0 saturated carbocycles. The molecule has 17 nitrogen and oxygen atoms in total. The minimum absolute atomic E-state index is 0.0271. The molecule has 0 bridgehead atoms. The molecule has 51 heavy (non-hydrogen) atoms. The smallest absolute Gasteiger partial charge is 0.326 e. The molecule has 2 atom stereocenters. The molecule has 1 aromatic heterocycles. The van der Waals surface area contributed by atoms with Crippen LogP contribution in [0.5, 0.6) is 0 Å². The maximum Gasteiger partial charge on any atom is 0.326 e. The number of nitrogens with two attached hydrogens (primary N) is 1. The van der Waals surface area contributed by atoms with Crippen molar-refractivity contribution in [3.05, 3.63) is 52.0 Å². The van der Waals surface area contributed by atoms with Crippen LogP contribution >= 0.6 is 0 Å². The zero-order valence-electron chi connectivity index (χ0n) is 29.2. The summed E-state index contributed by atoms with van der Waals surface area (Å²) in [6.07, 6.45) is 4.67. The summed E-state index contributed by atoms with van der Waals surface area (Å²) in [6, 6.07) is 4.71. The van der Waals surface area contributed by atoms with Crippen LogP contribution in [0.1, 0.15) is 76.1 Å². The summed E-state index contributed by atoms with van der Waals surface area (Å²) in [7, 11) is 0. The number of anilines is 4. The molecule has 2 aromatic rings. The Morgan fingerprint density at radius 1 is 1.10 bits per heavy atom. The average Bonchev–Trinajstić information content (AvgIpc) is 3.06. The van der Waals surface area contributed by atoms with Crippen molar-refractivity contribution in [1.82, 2.24) is 20.2 Å². The van der Waals surface area contributed by atoms with E-state index in [0.717, 1.165) is 31.3 Å². The highest BCUT2D eigenvalue weighted by molar-refractivity contribution is 5.97. The molecule has 0 radical (unpaired) electrons. The second-order valence-corrected chi connectivity index (χ2v) is 12.2. The number of aromatic nitrogens is 2. The number of nitrogens with zero attached hydrogens (tertiary/aromatic N) is 3. The number of nitrogen functional groups attached to an aromatic ring is 1. The number of rotatable bonds is 20. The van der Waals surface area contributed by atoms with Gasteiger partial charge in [0.2, 0.25) is 11.9 Å². The first kappa shape index (κ1) is 39.8. The molecule has 2 heterocycles. The fraction of sp³-hybridized carbons (Fsp3) is 0.500. The third-order valence-electron chi connectivity index (χ3n) is 8.12. The van der Waals surface area contributed by atoms with Gasteiger partial charge in [0.25, 0.3) is 11.5 Å². The fourth-order valence-electron chi connectivity index (χ4n) is 5.54. The molecule has 0 saturated heterocycles. The van der Waals surface area contributed by atoms with E-state index in [1.807, 2.05) is 11.8 Å². The van der Waals surface area contributed by atoms with E-state index in [1.54, 1.807) is 30.2 Å². The number of aromatic amines is 1. The second kappa shape index (κ2) is 19.5. The number of esters is 1. The SMILES string of the molecule is CCOC(=O)CCCCCCN(/C=C(\C)CN1c2c(nc(N)[nH]c2=O)NCC1CNc1ccc(C(=O)NC(CCC(=O)O)C(=O)O)cc1)C(C)=O. The van der Waals surface area contributed by atoms with E-state index in [1.165, 1.54) is 19.1 Å². The van der Waals surface area contributed by atoms with Crippen molar-refractivity contribution in [2.45, 2.75) is 77.8 Å². The number of H-pyrrole nitrogens is 1. The van der Waals surface area contributed by atoms with Gasteiger partial charge in [0.05, 0.1) is 12.6 Å². The molecule has 0 aliphatic carbocycles. The van der Waals surface area contributed by atoms with Crippen LogP contribution in [-0.2, 0) is 23.9 Å². The molecule has 8 N–H and O–H groups in total. The second-order valence-electron chi connectivity index (χ2n) is 12.2. The van der Waals surface area contributed by atoms with Crippen LogP contribution in [0, 0.1) is 0 Å². The maximum atomic E-state index is 13.1. The van der Waals surface area contributed by atoms with Crippen molar-refractivity contribution >= 4 is 52.9 Å². The summed E-state index contributed by atoms with van der Waals surface area (Å²) in [4.78, 5) is 82.5. The number of unbranched alkanes of at least 4 members (excludes halogenated alkanes) is 3. The molecule has 1 aliphatic heterocycles. The standard InChI is InChI=1S/C34H48N8O9/c1-4-51-28(46)9-7-5-6-8-16-41(22(3)43)19-21(2)20-42-25(18-37-30-29(42)32(48)40-34(35)39-30)17-36-24-12-10-23(11-13-24)31(47)38-26(33(49)50)14-15-27(44)45/h10-13,19,25-26,36H,4-9,14-18,20H2,1-3H3,(H,38,47)(H,44,45)(H,49,50)(H4,35,37,39,40,48)/b21-19+. The number of carbonyl (C=O) groups excluding carboxylic acids is 3. The number of nitrogens with one attached hydrogen (secondary N) is 4. The molecule has 278 valence electrons. The molecule has 2 amide bonds. The quantitative estimate of drug-likeness (QED) is 0.0770. The predicted molar refractivity (Wildman–Crippen MR) is 190 cm³/mol. The van der Waals surface area contributed by atoms with Gasteiger partial charge in [0, 0.05) is 63.4 Å². The molecule has 1 aliphatic rings. The van der Waals surface area contributed by atoms with E-state index in [4.69, 9.17) is 15.6 Å². The molecule has 1 aromatic carbocycles. The fourth-order valence-corrected chi connectivity index (χ4v) is 5.54. The minimum Gasteiger partial charge on any atom is -0.481 e. The number of carbonyl (C=O) groups is 5. The summed E-state index contributed by atoms with van der Waals surface area (Å²) < 4.78 is 4.96. The first-order chi connectivity index (χ1) is 24.3. The number of amides is 2. The predicted octanol–water partition coefficient (Wildman–Crippen LogP) is 2.38. The minimum atomic E-state index is -1.35. The number of carboxylic acid groups (broad SMARTS) is 2. The molecule has 0 fully saturated rings. The molecule has 17 heteroatoms. The van der Waals surface area contributed by atoms with Crippen LogP contribution in [0.15, 0.2) is 40.8 Å². The van der Waals surface area contributed by atoms with Crippen LogP contribution in [0.25, 0.3) is 0 Å². The monoisotopic (exact) mass is 712 g/mol. The van der Waals surface area contributed by atoms with E-state index in [2.05, 4.69) is 25.9 Å². The topological polar surface area (TPSA) is 249 Å². The van der Waals surface area contributed by atoms with Gasteiger partial charge < -0.3 is 46.4 Å². The third-order valence-corrected chi connectivity index (χ3v) is 8.12. The molecular weight excluding hydrogens is 664 g/mol. The largest absolute Gasteiger partial charge is 0.481 e. The maximum absolute atomic E-state index is 13.1. The lowest BCUT2D eigenvalue weighted by Gasteiger charge is -2.38. The van der Waals surface area contributed by atoms with Crippen molar-refractivity contribution in [2.24, 2.45) is 0 Å². The first-order valence-electron chi connectivity index (χ1n) is 16.9. The number of hydrogen-bond donors (Lipinski definition) is 7. The average molecular weight is 713 g/mol. The van der Waals surface area contributed by atoms with Gasteiger partial charge >= 0.3 is 17.9 Å². The number of hydrogen-bond acceptors (Lipinski definition) is 12. The van der Waals surface area contributed by atoms with Crippen LogP contribution in [0.2, 0.25) is 0 Å². The summed E-state index contributed by atoms with van der Waals surface area (Å²) in [5.41, 5.74) is 7.35. The highest BCUT2D eigenvalue weighted by Gasteiger charge is 2.30. The highest BCUT2D eigenvalue weighted by atomic mass is 16.5. The lowest BCUT2D eigenvalue weighted by Crippen LogP contribution is -2.51. The van der Waals surface area contributed by atoms with Crippen LogP contribution in [-0.4, -0.2) is 99.7 Å². The van der Waals surface area contributed by atoms with Crippen LogP contribution < -0.4 is 32.1 Å². The summed E-state index contributed by atoms with van der Waals surface area (Å²) in [5, 5.41) is 27.0. The first-order valence-corrected chi connectivity index (χ1v) is 16.9. The van der Waals surface area contributed by atoms with Crippen molar-refractivity contribution in [3.8, 4) is 0 Å². The Bertz CT molecular complexity index is 1630. The van der Waals surface area contributed by atoms with Gasteiger partial charge in [-0.3, -0.25) is 29.0 Å². The van der Waals surface area contributed by atoms with E-state index in [0.29, 0.717) is 56.4 Å². The number of carboxylic acids is 2. The number of ether oxygens (including phenoxy) is 1. The Hall–Kier alpha value is -5.61. The van der Waals surface area contributed by atoms with Crippen molar-refractivity contribution in [2.75, 3.05) is 54.1 Å². The van der Waals surface area contributed by atoms with Crippen molar-refractivity contribution in [3.63, 3.8) is 0 Å². The molecule has 3 rings (SSSR count). The Morgan fingerprint density at radius 3 is 2.45 bits per heavy atom. The van der Waals surface area contributed by atoms with Gasteiger partial charge in [-0.1, -0.05) is 12.8 Å². The van der Waals surface area contributed by atoms with Gasteiger partial charge in [-0.25, -0.2) is 4.79 Å². The molecule has 0 spiro atoms. The van der Waals surface area contributed by atoms with E-state index >= 15 is 0 Å². The van der Waals surface area contributed by atoms with Crippen molar-refractivity contribution < 1.29 is 38.9 Å². The number of benzene rings is 1. The van der Waals surface area contributed by atoms with Crippen LogP contribution in [0.4, 0.5) is 23.1 Å². The summed E-state index contributed by atoms with van der Waals surface area (Å²) in [5.74, 6) is -3.16. The van der Waals surface area contributed by atoms with Gasteiger partial charge in [-0.2, -0.15) is 4.98 Å². The Labute approximate surface area is 295 Å². The van der Waals surface area contributed by atoms with Gasteiger partial charge in [-0.05, 0) is 62.9 Å². The lowest BCUT2D eigenvalue weighted by molar-refractivity contribution is -0.143. The Kier molecular flexibility index (Phi) is 15.3. The van der Waals surface area contributed by atoms with E-state index in [-0.39, 0.29) is 35.9 Å². The molecule has 2 unspecified atom stereocenters. The number of aliphatic carboxylic acids is 2.